The number of hydrogen-bond donors (Lipinski definition) is 1. The summed E-state index contributed by atoms with van der Waals surface area (Å²) in [6.45, 7) is -0.0665. The predicted octanol–water partition coefficient (Wildman–Crippen LogP) is 3.10. The van der Waals surface area contributed by atoms with E-state index < -0.39 is 16.1 Å². The Bertz CT molecular complexity index is 1240. The Morgan fingerprint density at radius 3 is 2.59 bits per heavy atom. The van der Waals surface area contributed by atoms with Crippen molar-refractivity contribution in [2.45, 2.75) is 18.9 Å². The maximum absolute atomic E-state index is 13.0. The van der Waals surface area contributed by atoms with Crippen molar-refractivity contribution in [1.82, 2.24) is 0 Å². The lowest BCUT2D eigenvalue weighted by Gasteiger charge is -2.33. The molecule has 6 nitrogen and oxygen atoms in total. The van der Waals surface area contributed by atoms with Crippen LogP contribution < -0.4 is 14.4 Å². The smallest absolute Gasteiger partial charge is 0.267 e. The van der Waals surface area contributed by atoms with Crippen molar-refractivity contribution in [3.05, 3.63) is 65.7 Å². The lowest BCUT2D eigenvalue weighted by molar-refractivity contribution is -0.122. The Morgan fingerprint density at radius 1 is 1.03 bits per heavy atom. The first-order valence-corrected chi connectivity index (χ1v) is 11.3. The zero-order valence-electron chi connectivity index (χ0n) is 15.9. The van der Waals surface area contributed by atoms with E-state index in [2.05, 4.69) is 11.4 Å². The Kier molecular flexibility index (Phi) is 4.03. The number of benzene rings is 3. The van der Waals surface area contributed by atoms with Gasteiger partial charge in [0, 0.05) is 11.1 Å². The van der Waals surface area contributed by atoms with Crippen molar-refractivity contribution in [2.75, 3.05) is 22.4 Å². The molecule has 0 saturated carbocycles. The minimum atomic E-state index is -3.54. The molecular formula is C22H20N2O4S. The van der Waals surface area contributed by atoms with Crippen LogP contribution in [0.4, 0.5) is 11.4 Å². The van der Waals surface area contributed by atoms with Crippen LogP contribution in [0.5, 0.6) is 5.75 Å². The third-order valence-electron chi connectivity index (χ3n) is 5.56. The van der Waals surface area contributed by atoms with Crippen molar-refractivity contribution in [3.8, 4) is 5.75 Å². The van der Waals surface area contributed by atoms with Crippen LogP contribution in [0.2, 0.25) is 0 Å². The van der Waals surface area contributed by atoms with Crippen LogP contribution in [-0.2, 0) is 27.7 Å². The van der Waals surface area contributed by atoms with Crippen LogP contribution in [-0.4, -0.2) is 33.2 Å². The number of hydrogen-bond acceptors (Lipinski definition) is 4. The number of amides is 1. The van der Waals surface area contributed by atoms with Gasteiger partial charge in [-0.25, -0.2) is 8.42 Å². The van der Waals surface area contributed by atoms with E-state index in [4.69, 9.17) is 4.74 Å². The van der Waals surface area contributed by atoms with E-state index in [9.17, 15) is 13.2 Å². The first-order valence-electron chi connectivity index (χ1n) is 9.49. The van der Waals surface area contributed by atoms with E-state index in [1.807, 2.05) is 24.3 Å². The van der Waals surface area contributed by atoms with Gasteiger partial charge in [0.05, 0.1) is 18.5 Å². The topological polar surface area (TPSA) is 75.7 Å². The standard InChI is InChI=1S/C22H20N2O4S/c1-29(26,27)24-13-20(28-19-8-3-2-7-18(19)24)22(25)23-17-12-11-15-10-9-14-5-4-6-16(17)21(14)15/h2-8,11-12,20H,9-10,13H2,1H3,(H,23,25)/t20-/m1/s1. The maximum Gasteiger partial charge on any atom is 0.267 e. The minimum Gasteiger partial charge on any atom is -0.476 e. The van der Waals surface area contributed by atoms with Gasteiger partial charge in [-0.3, -0.25) is 9.10 Å². The van der Waals surface area contributed by atoms with Crippen LogP contribution >= 0.6 is 0 Å². The molecule has 1 aliphatic heterocycles. The van der Waals surface area contributed by atoms with Crippen LogP contribution in [0.1, 0.15) is 11.1 Å². The Hall–Kier alpha value is -3.06. The highest BCUT2D eigenvalue weighted by Gasteiger charge is 2.35. The third kappa shape index (κ3) is 3.02. The molecule has 0 radical (unpaired) electrons. The highest BCUT2D eigenvalue weighted by molar-refractivity contribution is 7.92. The molecule has 1 aliphatic carbocycles. The molecule has 3 aromatic carbocycles. The van der Waals surface area contributed by atoms with Gasteiger partial charge < -0.3 is 10.1 Å². The van der Waals surface area contributed by atoms with Crippen molar-refractivity contribution >= 4 is 38.1 Å². The predicted molar refractivity (Wildman–Crippen MR) is 113 cm³/mol. The van der Waals surface area contributed by atoms with Gasteiger partial charge in [-0.2, -0.15) is 0 Å². The highest BCUT2D eigenvalue weighted by Crippen LogP contribution is 2.37. The number of nitrogens with one attached hydrogen (secondary N) is 1. The number of carbonyl (C=O) groups is 1. The molecule has 1 heterocycles. The summed E-state index contributed by atoms with van der Waals surface area (Å²) in [5.74, 6) is 0.0107. The molecule has 1 atom stereocenters. The zero-order valence-corrected chi connectivity index (χ0v) is 16.7. The number of carbonyl (C=O) groups excluding carboxylic acids is 1. The number of para-hydroxylation sites is 2. The molecule has 0 aromatic heterocycles. The number of aryl methyl sites for hydroxylation is 2. The van der Waals surface area contributed by atoms with Crippen LogP contribution in [0.3, 0.4) is 0 Å². The average molecular weight is 408 g/mol. The fraction of sp³-hybridized carbons (Fsp3) is 0.227. The van der Waals surface area contributed by atoms with E-state index >= 15 is 0 Å². The van der Waals surface area contributed by atoms with Crippen LogP contribution in [0, 0.1) is 0 Å². The maximum atomic E-state index is 13.0. The Balaban J connectivity index is 1.48. The number of nitrogens with zero attached hydrogens (tertiary/aromatic N) is 1. The van der Waals surface area contributed by atoms with Crippen LogP contribution in [0.25, 0.3) is 10.8 Å². The van der Waals surface area contributed by atoms with Gasteiger partial charge in [0.1, 0.15) is 5.75 Å². The molecule has 0 bridgehead atoms. The fourth-order valence-corrected chi connectivity index (χ4v) is 5.14. The summed E-state index contributed by atoms with van der Waals surface area (Å²) in [5, 5.41) is 5.16. The van der Waals surface area contributed by atoms with Crippen molar-refractivity contribution < 1.29 is 17.9 Å². The lowest BCUT2D eigenvalue weighted by atomic mass is 10.0. The summed E-state index contributed by atoms with van der Waals surface area (Å²) in [5.41, 5.74) is 3.75. The van der Waals surface area contributed by atoms with Crippen molar-refractivity contribution in [2.24, 2.45) is 0 Å². The van der Waals surface area contributed by atoms with Gasteiger partial charge >= 0.3 is 0 Å². The number of anilines is 2. The van der Waals surface area contributed by atoms with Crippen molar-refractivity contribution in [3.63, 3.8) is 0 Å². The molecule has 0 spiro atoms. The number of ether oxygens (including phenoxy) is 1. The first kappa shape index (κ1) is 18.0. The first-order chi connectivity index (χ1) is 13.9. The molecule has 2 aliphatic rings. The normalized spacial score (nSPS) is 17.7. The second-order valence-electron chi connectivity index (χ2n) is 7.47. The molecule has 5 rings (SSSR count). The monoisotopic (exact) mass is 408 g/mol. The Labute approximate surface area is 169 Å². The van der Waals surface area contributed by atoms with Gasteiger partial charge in [0.25, 0.3) is 5.91 Å². The quantitative estimate of drug-likeness (QED) is 0.723. The largest absolute Gasteiger partial charge is 0.476 e. The molecule has 1 amide bonds. The van der Waals surface area contributed by atoms with Gasteiger partial charge in [0.2, 0.25) is 10.0 Å². The minimum absolute atomic E-state index is 0.0665. The second kappa shape index (κ2) is 6.49. The third-order valence-corrected chi connectivity index (χ3v) is 6.71. The Morgan fingerprint density at radius 2 is 1.79 bits per heavy atom. The molecule has 148 valence electrons. The molecular weight excluding hydrogens is 388 g/mol. The van der Waals surface area contributed by atoms with E-state index in [1.165, 1.54) is 20.8 Å². The number of fused-ring (bicyclic) bond motifs is 1. The van der Waals surface area contributed by atoms with Gasteiger partial charge in [-0.05, 0) is 47.6 Å². The summed E-state index contributed by atoms with van der Waals surface area (Å²) in [4.78, 5) is 13.0. The molecule has 1 N–H and O–H groups in total. The lowest BCUT2D eigenvalue weighted by Crippen LogP contribution is -2.48. The van der Waals surface area contributed by atoms with E-state index in [0.29, 0.717) is 17.1 Å². The molecule has 3 aromatic rings. The summed E-state index contributed by atoms with van der Waals surface area (Å²) in [7, 11) is -3.54. The summed E-state index contributed by atoms with van der Waals surface area (Å²) < 4.78 is 31.6. The summed E-state index contributed by atoms with van der Waals surface area (Å²) >= 11 is 0. The molecule has 0 fully saturated rings. The molecule has 0 saturated heterocycles. The van der Waals surface area contributed by atoms with Crippen molar-refractivity contribution in [1.29, 1.82) is 0 Å². The molecule has 0 unspecified atom stereocenters. The van der Waals surface area contributed by atoms with Gasteiger partial charge in [-0.15, -0.1) is 0 Å². The molecule has 7 heteroatoms. The van der Waals surface area contributed by atoms with E-state index in [-0.39, 0.29) is 12.5 Å². The second-order valence-corrected chi connectivity index (χ2v) is 9.38. The van der Waals surface area contributed by atoms with E-state index in [1.54, 1.807) is 24.3 Å². The number of sulfonamides is 1. The average Bonchev–Trinajstić information content (AvgIpc) is 3.13. The van der Waals surface area contributed by atoms with Gasteiger partial charge in [0.15, 0.2) is 6.10 Å². The molecule has 29 heavy (non-hydrogen) atoms. The van der Waals surface area contributed by atoms with Gasteiger partial charge in [-0.1, -0.05) is 36.4 Å². The van der Waals surface area contributed by atoms with E-state index in [0.717, 1.165) is 24.5 Å². The summed E-state index contributed by atoms with van der Waals surface area (Å²) in [6, 6.07) is 16.9. The zero-order chi connectivity index (χ0) is 20.2. The summed E-state index contributed by atoms with van der Waals surface area (Å²) in [6.07, 6.45) is 2.21. The fourth-order valence-electron chi connectivity index (χ4n) is 4.22. The van der Waals surface area contributed by atoms with Crippen LogP contribution in [0.15, 0.2) is 54.6 Å². The number of rotatable bonds is 3. The SMILES string of the molecule is CS(=O)(=O)N1C[C@H](C(=O)Nc2ccc3c4c(cccc24)CC3)Oc2ccccc21. The highest BCUT2D eigenvalue weighted by atomic mass is 32.2.